The SMILES string of the molecule is COc1ccc(S(=O)(=O)N(Cc2ccccc2)[C@H](C(C)=O)C(C)C)cc1. The molecule has 0 N–H and O–H groups in total. The lowest BCUT2D eigenvalue weighted by molar-refractivity contribution is -0.122. The van der Waals surface area contributed by atoms with Crippen LogP contribution in [-0.2, 0) is 21.4 Å². The molecule has 0 fully saturated rings. The number of methoxy groups -OCH3 is 1. The van der Waals surface area contributed by atoms with Gasteiger partial charge in [0.15, 0.2) is 0 Å². The van der Waals surface area contributed by atoms with Gasteiger partial charge in [-0.3, -0.25) is 4.79 Å². The molecule has 0 aromatic heterocycles. The molecule has 0 aliphatic carbocycles. The minimum atomic E-state index is -3.86. The second kappa shape index (κ2) is 8.47. The minimum absolute atomic E-state index is 0.137. The van der Waals surface area contributed by atoms with E-state index in [1.54, 1.807) is 12.1 Å². The van der Waals surface area contributed by atoms with Gasteiger partial charge in [0.05, 0.1) is 18.0 Å². The van der Waals surface area contributed by atoms with E-state index in [1.165, 1.54) is 30.5 Å². The van der Waals surface area contributed by atoms with Crippen molar-refractivity contribution in [2.45, 2.75) is 38.3 Å². The lowest BCUT2D eigenvalue weighted by Crippen LogP contribution is -2.46. The highest BCUT2D eigenvalue weighted by molar-refractivity contribution is 7.89. The van der Waals surface area contributed by atoms with Crippen LogP contribution in [0.25, 0.3) is 0 Å². The maximum atomic E-state index is 13.3. The summed E-state index contributed by atoms with van der Waals surface area (Å²) in [5, 5.41) is 0. The largest absolute Gasteiger partial charge is 0.497 e. The zero-order valence-corrected chi connectivity index (χ0v) is 16.4. The summed E-state index contributed by atoms with van der Waals surface area (Å²) in [5.41, 5.74) is 0.830. The molecule has 0 heterocycles. The van der Waals surface area contributed by atoms with Gasteiger partial charge in [0.2, 0.25) is 10.0 Å². The van der Waals surface area contributed by atoms with Crippen molar-refractivity contribution in [2.75, 3.05) is 7.11 Å². The Morgan fingerprint density at radius 2 is 1.62 bits per heavy atom. The minimum Gasteiger partial charge on any atom is -0.497 e. The molecule has 0 saturated carbocycles. The van der Waals surface area contributed by atoms with Crippen LogP contribution in [0.15, 0.2) is 59.5 Å². The maximum absolute atomic E-state index is 13.3. The summed E-state index contributed by atoms with van der Waals surface area (Å²) < 4.78 is 33.0. The van der Waals surface area contributed by atoms with Crippen LogP contribution in [0.3, 0.4) is 0 Å². The molecule has 0 spiro atoms. The molecular weight excluding hydrogens is 350 g/mol. The average molecular weight is 375 g/mol. The monoisotopic (exact) mass is 375 g/mol. The van der Waals surface area contributed by atoms with Gasteiger partial charge in [0, 0.05) is 6.54 Å². The molecule has 0 radical (unpaired) electrons. The van der Waals surface area contributed by atoms with Gasteiger partial charge in [0.25, 0.3) is 0 Å². The first kappa shape index (κ1) is 20.1. The van der Waals surface area contributed by atoms with Gasteiger partial charge in [-0.1, -0.05) is 44.2 Å². The number of Topliss-reactive ketones (excluding diaryl/α,β-unsaturated/α-hetero) is 1. The van der Waals surface area contributed by atoms with Gasteiger partial charge in [-0.15, -0.1) is 0 Å². The van der Waals surface area contributed by atoms with Crippen LogP contribution < -0.4 is 4.74 Å². The van der Waals surface area contributed by atoms with E-state index in [2.05, 4.69) is 0 Å². The number of ketones is 1. The molecule has 2 aromatic rings. The van der Waals surface area contributed by atoms with Crippen molar-refractivity contribution in [2.24, 2.45) is 5.92 Å². The fourth-order valence-electron chi connectivity index (χ4n) is 2.98. The summed E-state index contributed by atoms with van der Waals surface area (Å²) in [6, 6.07) is 14.8. The lowest BCUT2D eigenvalue weighted by Gasteiger charge is -2.32. The Kier molecular flexibility index (Phi) is 6.56. The van der Waals surface area contributed by atoms with Gasteiger partial charge >= 0.3 is 0 Å². The maximum Gasteiger partial charge on any atom is 0.244 e. The fourth-order valence-corrected chi connectivity index (χ4v) is 4.74. The molecule has 0 bridgehead atoms. The number of hydrogen-bond donors (Lipinski definition) is 0. The number of ether oxygens (including phenoxy) is 1. The Labute approximate surface area is 155 Å². The van der Waals surface area contributed by atoms with E-state index in [4.69, 9.17) is 4.74 Å². The van der Waals surface area contributed by atoms with Crippen molar-refractivity contribution in [1.82, 2.24) is 4.31 Å². The summed E-state index contributed by atoms with van der Waals surface area (Å²) in [4.78, 5) is 12.4. The van der Waals surface area contributed by atoms with Crippen molar-refractivity contribution < 1.29 is 17.9 Å². The first-order chi connectivity index (χ1) is 12.3. The first-order valence-corrected chi connectivity index (χ1v) is 9.91. The average Bonchev–Trinajstić information content (AvgIpc) is 2.61. The standard InChI is InChI=1S/C20H25NO4S/c1-15(2)20(16(3)22)21(14-17-8-6-5-7-9-17)26(23,24)19-12-10-18(25-4)11-13-19/h5-13,15,20H,14H2,1-4H3/t20-/m0/s1. The quantitative estimate of drug-likeness (QED) is 0.708. The highest BCUT2D eigenvalue weighted by atomic mass is 32.2. The predicted octanol–water partition coefficient (Wildman–Crippen LogP) is 3.50. The number of sulfonamides is 1. The molecule has 0 saturated heterocycles. The smallest absolute Gasteiger partial charge is 0.244 e. The second-order valence-electron chi connectivity index (χ2n) is 6.51. The third kappa shape index (κ3) is 4.51. The van der Waals surface area contributed by atoms with Crippen LogP contribution in [0.5, 0.6) is 5.75 Å². The van der Waals surface area contributed by atoms with Crippen LogP contribution in [0.4, 0.5) is 0 Å². The van der Waals surface area contributed by atoms with E-state index < -0.39 is 16.1 Å². The first-order valence-electron chi connectivity index (χ1n) is 8.47. The van der Waals surface area contributed by atoms with E-state index in [-0.39, 0.29) is 23.1 Å². The summed E-state index contributed by atoms with van der Waals surface area (Å²) in [6.45, 7) is 5.28. The molecule has 26 heavy (non-hydrogen) atoms. The van der Waals surface area contributed by atoms with Gasteiger partial charge < -0.3 is 4.74 Å². The molecule has 5 nitrogen and oxygen atoms in total. The summed E-state index contributed by atoms with van der Waals surface area (Å²) in [6.07, 6.45) is 0. The van der Waals surface area contributed by atoms with Crippen LogP contribution in [0, 0.1) is 5.92 Å². The number of hydrogen-bond acceptors (Lipinski definition) is 4. The molecule has 0 aliphatic rings. The number of carbonyl (C=O) groups is 1. The van der Waals surface area contributed by atoms with Gasteiger partial charge in [0.1, 0.15) is 11.5 Å². The van der Waals surface area contributed by atoms with E-state index in [0.717, 1.165) is 5.56 Å². The predicted molar refractivity (Wildman–Crippen MR) is 101 cm³/mol. The molecule has 0 unspecified atom stereocenters. The van der Waals surface area contributed by atoms with Crippen molar-refractivity contribution in [3.05, 3.63) is 60.2 Å². The third-order valence-corrected chi connectivity index (χ3v) is 6.05. The molecule has 2 aromatic carbocycles. The Morgan fingerprint density at radius 3 is 2.08 bits per heavy atom. The zero-order chi connectivity index (χ0) is 19.3. The van der Waals surface area contributed by atoms with Crippen LogP contribution in [0.2, 0.25) is 0 Å². The van der Waals surface area contributed by atoms with E-state index in [1.807, 2.05) is 44.2 Å². The number of rotatable bonds is 8. The fraction of sp³-hybridized carbons (Fsp3) is 0.350. The molecular formula is C20H25NO4S. The molecule has 0 amide bonds. The Balaban J connectivity index is 2.51. The zero-order valence-electron chi connectivity index (χ0n) is 15.5. The molecule has 1 atom stereocenters. The van der Waals surface area contributed by atoms with Crippen molar-refractivity contribution in [3.8, 4) is 5.75 Å². The Bertz CT molecular complexity index is 830. The highest BCUT2D eigenvalue weighted by Gasteiger charge is 2.36. The highest BCUT2D eigenvalue weighted by Crippen LogP contribution is 2.26. The van der Waals surface area contributed by atoms with E-state index >= 15 is 0 Å². The number of benzene rings is 2. The molecule has 2 rings (SSSR count). The van der Waals surface area contributed by atoms with Gasteiger partial charge in [-0.2, -0.15) is 4.31 Å². The van der Waals surface area contributed by atoms with Crippen LogP contribution >= 0.6 is 0 Å². The molecule has 6 heteroatoms. The topological polar surface area (TPSA) is 63.7 Å². The van der Waals surface area contributed by atoms with Crippen molar-refractivity contribution in [1.29, 1.82) is 0 Å². The molecule has 140 valence electrons. The molecule has 0 aliphatic heterocycles. The Hall–Kier alpha value is -2.18. The Morgan fingerprint density at radius 1 is 1.04 bits per heavy atom. The van der Waals surface area contributed by atoms with Gasteiger partial charge in [-0.05, 0) is 42.7 Å². The normalized spacial score (nSPS) is 13.0. The van der Waals surface area contributed by atoms with Crippen molar-refractivity contribution >= 4 is 15.8 Å². The van der Waals surface area contributed by atoms with Crippen LogP contribution in [0.1, 0.15) is 26.3 Å². The number of nitrogens with zero attached hydrogens (tertiary/aromatic N) is 1. The van der Waals surface area contributed by atoms with Crippen LogP contribution in [-0.4, -0.2) is 31.7 Å². The number of carbonyl (C=O) groups excluding carboxylic acids is 1. The summed E-state index contributed by atoms with van der Waals surface area (Å²) in [7, 11) is -2.33. The van der Waals surface area contributed by atoms with Crippen molar-refractivity contribution in [3.63, 3.8) is 0 Å². The second-order valence-corrected chi connectivity index (χ2v) is 8.40. The lowest BCUT2D eigenvalue weighted by atomic mass is 10.0. The van der Waals surface area contributed by atoms with Gasteiger partial charge in [-0.25, -0.2) is 8.42 Å². The van der Waals surface area contributed by atoms with E-state index in [9.17, 15) is 13.2 Å². The summed E-state index contributed by atoms with van der Waals surface area (Å²) >= 11 is 0. The summed E-state index contributed by atoms with van der Waals surface area (Å²) in [5.74, 6) is 0.253. The van der Waals surface area contributed by atoms with E-state index in [0.29, 0.717) is 5.75 Å². The third-order valence-electron chi connectivity index (χ3n) is 4.21.